The highest BCUT2D eigenvalue weighted by Gasteiger charge is 2.27. The van der Waals surface area contributed by atoms with Crippen LogP contribution in [0.4, 0.5) is 0 Å². The summed E-state index contributed by atoms with van der Waals surface area (Å²) in [7, 11) is 0. The second-order valence-corrected chi connectivity index (χ2v) is 6.58. The van der Waals surface area contributed by atoms with E-state index in [0.717, 1.165) is 5.56 Å². The molecule has 138 valence electrons. The zero-order valence-corrected chi connectivity index (χ0v) is 15.2. The first-order chi connectivity index (χ1) is 13.6. The predicted molar refractivity (Wildman–Crippen MR) is 107 cm³/mol. The molecule has 1 aromatic heterocycles. The number of aryl methyl sites for hydroxylation is 1. The lowest BCUT2D eigenvalue weighted by Crippen LogP contribution is -2.22. The van der Waals surface area contributed by atoms with Crippen molar-refractivity contribution in [2.45, 2.75) is 13.0 Å². The lowest BCUT2D eigenvalue weighted by molar-refractivity contribution is 0.0697. The molecule has 3 aromatic carbocycles. The highest BCUT2D eigenvalue weighted by atomic mass is 16.4. The van der Waals surface area contributed by atoms with E-state index in [9.17, 15) is 14.7 Å². The van der Waals surface area contributed by atoms with Crippen molar-refractivity contribution >= 4 is 22.8 Å². The summed E-state index contributed by atoms with van der Waals surface area (Å²) in [6.45, 7) is 1.83. The van der Waals surface area contributed by atoms with Crippen molar-refractivity contribution in [2.24, 2.45) is 0 Å². The molecule has 0 amide bonds. The second kappa shape index (κ2) is 7.12. The van der Waals surface area contributed by atoms with Crippen molar-refractivity contribution < 1.29 is 14.7 Å². The second-order valence-electron chi connectivity index (χ2n) is 6.58. The predicted octanol–water partition coefficient (Wildman–Crippen LogP) is 4.52. The van der Waals surface area contributed by atoms with Crippen LogP contribution in [0.2, 0.25) is 0 Å². The summed E-state index contributed by atoms with van der Waals surface area (Å²) < 4.78 is 1.83. The molecule has 5 nitrogen and oxygen atoms in total. The molecule has 0 saturated carbocycles. The van der Waals surface area contributed by atoms with Crippen molar-refractivity contribution in [2.75, 3.05) is 0 Å². The first-order valence-corrected chi connectivity index (χ1v) is 8.92. The number of carbonyl (C=O) groups excluding carboxylic acids is 1. The third kappa shape index (κ3) is 3.07. The fourth-order valence-corrected chi connectivity index (χ4v) is 3.49. The standard InChI is InChI=1S/C23H18N2O3/c1-15-24-19-13-12-18(23(27)28)14-20(19)25(15)21(16-8-4-2-5-9-16)22(26)17-10-6-3-7-11-17/h2-14,21H,1H3,(H,27,28). The normalized spacial score (nSPS) is 12.0. The number of aromatic nitrogens is 2. The van der Waals surface area contributed by atoms with Crippen LogP contribution in [0.5, 0.6) is 0 Å². The van der Waals surface area contributed by atoms with Gasteiger partial charge in [-0.1, -0.05) is 60.7 Å². The first-order valence-electron chi connectivity index (χ1n) is 8.92. The maximum absolute atomic E-state index is 13.5. The zero-order valence-electron chi connectivity index (χ0n) is 15.2. The molecule has 1 atom stereocenters. The van der Waals surface area contributed by atoms with Crippen molar-refractivity contribution in [3.63, 3.8) is 0 Å². The van der Waals surface area contributed by atoms with E-state index < -0.39 is 12.0 Å². The number of benzene rings is 3. The van der Waals surface area contributed by atoms with Gasteiger partial charge in [-0.05, 0) is 30.7 Å². The van der Waals surface area contributed by atoms with Crippen molar-refractivity contribution in [3.05, 3.63) is 101 Å². The minimum Gasteiger partial charge on any atom is -0.478 e. The molecule has 28 heavy (non-hydrogen) atoms. The monoisotopic (exact) mass is 370 g/mol. The van der Waals surface area contributed by atoms with Crippen molar-refractivity contribution in [1.29, 1.82) is 0 Å². The number of carboxylic acids is 1. The summed E-state index contributed by atoms with van der Waals surface area (Å²) in [5.74, 6) is -0.441. The summed E-state index contributed by atoms with van der Waals surface area (Å²) >= 11 is 0. The van der Waals surface area contributed by atoms with Gasteiger partial charge in [-0.25, -0.2) is 9.78 Å². The van der Waals surface area contributed by atoms with E-state index in [1.54, 1.807) is 24.3 Å². The van der Waals surface area contributed by atoms with E-state index >= 15 is 0 Å². The molecule has 0 radical (unpaired) electrons. The molecule has 0 spiro atoms. The molecular formula is C23H18N2O3. The molecule has 0 aliphatic heterocycles. The van der Waals surface area contributed by atoms with Gasteiger partial charge in [0, 0.05) is 5.56 Å². The zero-order chi connectivity index (χ0) is 19.7. The number of carboxylic acid groups (broad SMARTS) is 1. The average molecular weight is 370 g/mol. The number of Topliss-reactive ketones (excluding diaryl/α,β-unsaturated/α-hetero) is 1. The number of ketones is 1. The number of aromatic carboxylic acids is 1. The Balaban J connectivity index is 1.97. The van der Waals surface area contributed by atoms with Crippen LogP contribution >= 0.6 is 0 Å². The van der Waals surface area contributed by atoms with Gasteiger partial charge in [0.25, 0.3) is 0 Å². The number of imidazole rings is 1. The van der Waals surface area contributed by atoms with Gasteiger partial charge in [-0.2, -0.15) is 0 Å². The topological polar surface area (TPSA) is 72.2 Å². The van der Waals surface area contributed by atoms with Gasteiger partial charge in [0.1, 0.15) is 11.9 Å². The summed E-state index contributed by atoms with van der Waals surface area (Å²) in [5.41, 5.74) is 2.85. The van der Waals surface area contributed by atoms with Gasteiger partial charge < -0.3 is 9.67 Å². The summed E-state index contributed by atoms with van der Waals surface area (Å²) in [4.78, 5) is 29.5. The highest BCUT2D eigenvalue weighted by Crippen LogP contribution is 2.29. The SMILES string of the molecule is Cc1nc2ccc(C(=O)O)cc2n1C(C(=O)c1ccccc1)c1ccccc1. The minimum absolute atomic E-state index is 0.0741. The Labute approximate surface area is 161 Å². The third-order valence-corrected chi connectivity index (χ3v) is 4.79. The molecule has 1 N–H and O–H groups in total. The van der Waals surface area contributed by atoms with Crippen LogP contribution in [0, 0.1) is 6.92 Å². The van der Waals surface area contributed by atoms with E-state index in [1.165, 1.54) is 6.07 Å². The van der Waals surface area contributed by atoms with E-state index in [1.807, 2.05) is 60.0 Å². The fourth-order valence-electron chi connectivity index (χ4n) is 3.49. The Morgan fingerprint density at radius 3 is 2.18 bits per heavy atom. The number of carbonyl (C=O) groups is 2. The Kier molecular flexibility index (Phi) is 4.49. The van der Waals surface area contributed by atoms with Crippen LogP contribution < -0.4 is 0 Å². The quantitative estimate of drug-likeness (QED) is 0.525. The van der Waals surface area contributed by atoms with Gasteiger partial charge in [-0.3, -0.25) is 4.79 Å². The van der Waals surface area contributed by atoms with Crippen LogP contribution in [-0.2, 0) is 0 Å². The van der Waals surface area contributed by atoms with E-state index in [4.69, 9.17) is 0 Å². The lowest BCUT2D eigenvalue weighted by atomic mass is 9.96. The highest BCUT2D eigenvalue weighted by molar-refractivity contribution is 6.02. The van der Waals surface area contributed by atoms with Gasteiger partial charge in [0.05, 0.1) is 16.6 Å². The number of hydrogen-bond acceptors (Lipinski definition) is 3. The Hall–Kier alpha value is -3.73. The van der Waals surface area contributed by atoms with Crippen molar-refractivity contribution in [3.8, 4) is 0 Å². The summed E-state index contributed by atoms with van der Waals surface area (Å²) in [5, 5.41) is 9.39. The number of rotatable bonds is 5. The molecule has 0 aliphatic rings. The lowest BCUT2D eigenvalue weighted by Gasteiger charge is -2.21. The van der Waals surface area contributed by atoms with E-state index in [2.05, 4.69) is 4.98 Å². The smallest absolute Gasteiger partial charge is 0.335 e. The molecule has 0 bridgehead atoms. The van der Waals surface area contributed by atoms with Gasteiger partial charge in [0.2, 0.25) is 0 Å². The van der Waals surface area contributed by atoms with Crippen LogP contribution in [0.3, 0.4) is 0 Å². The molecule has 4 rings (SSSR count). The van der Waals surface area contributed by atoms with Crippen LogP contribution in [0.15, 0.2) is 78.9 Å². The Morgan fingerprint density at radius 2 is 1.54 bits per heavy atom. The molecule has 0 aliphatic carbocycles. The molecule has 5 heteroatoms. The van der Waals surface area contributed by atoms with Crippen LogP contribution in [0.1, 0.15) is 38.1 Å². The van der Waals surface area contributed by atoms with Crippen LogP contribution in [0.25, 0.3) is 11.0 Å². The number of hydrogen-bond donors (Lipinski definition) is 1. The molecule has 1 heterocycles. The van der Waals surface area contributed by atoms with Gasteiger partial charge in [-0.15, -0.1) is 0 Å². The first kappa shape index (κ1) is 17.7. The minimum atomic E-state index is -1.02. The number of nitrogens with zero attached hydrogens (tertiary/aromatic N) is 2. The van der Waals surface area contributed by atoms with E-state index in [-0.39, 0.29) is 11.3 Å². The summed E-state index contributed by atoms with van der Waals surface area (Å²) in [6, 6.07) is 22.7. The van der Waals surface area contributed by atoms with Gasteiger partial charge in [0.15, 0.2) is 5.78 Å². The molecule has 4 aromatic rings. The van der Waals surface area contributed by atoms with E-state index in [0.29, 0.717) is 22.4 Å². The molecular weight excluding hydrogens is 352 g/mol. The summed E-state index contributed by atoms with van der Waals surface area (Å²) in [6.07, 6.45) is 0. The molecule has 0 fully saturated rings. The molecule has 0 saturated heterocycles. The largest absolute Gasteiger partial charge is 0.478 e. The average Bonchev–Trinajstić information content (AvgIpc) is 3.04. The molecule has 1 unspecified atom stereocenters. The van der Waals surface area contributed by atoms with Crippen molar-refractivity contribution in [1.82, 2.24) is 9.55 Å². The Morgan fingerprint density at radius 1 is 0.893 bits per heavy atom. The van der Waals surface area contributed by atoms with Gasteiger partial charge >= 0.3 is 5.97 Å². The third-order valence-electron chi connectivity index (χ3n) is 4.79. The maximum Gasteiger partial charge on any atom is 0.335 e. The number of fused-ring (bicyclic) bond motifs is 1. The maximum atomic E-state index is 13.5. The van der Waals surface area contributed by atoms with Crippen LogP contribution in [-0.4, -0.2) is 26.4 Å². The Bertz CT molecular complexity index is 1160. The fraction of sp³-hybridized carbons (Fsp3) is 0.0870.